The molecule has 3 saturated carbocycles. The fourth-order valence-electron chi connectivity index (χ4n) is 4.27. The molecule has 1 aliphatic heterocycles. The maximum absolute atomic E-state index is 12.0. The fraction of sp³-hybridized carbons (Fsp3) is 0.667. The van der Waals surface area contributed by atoms with Crippen LogP contribution in [0.2, 0.25) is 0 Å². The summed E-state index contributed by atoms with van der Waals surface area (Å²) in [6.07, 6.45) is 1.29. The number of hydrogen-bond donors (Lipinski definition) is 2. The van der Waals surface area contributed by atoms with E-state index in [1.54, 1.807) is 0 Å². The predicted molar refractivity (Wildman–Crippen MR) is 56.7 cm³/mol. The number of cyclic esters (lactones) is 2. The summed E-state index contributed by atoms with van der Waals surface area (Å²) in [4.78, 5) is 47.1. The van der Waals surface area contributed by atoms with Gasteiger partial charge in [-0.25, -0.2) is 0 Å². The standard InChI is InChI=1S/C12H12O7/c13-7(14)6-5-1-3-11(4-2-5)9(17)19-10(18)12(6,11)8(15)16/h5-6H,1-4H2,(H,13,14)(H,15,16). The van der Waals surface area contributed by atoms with Crippen LogP contribution in [-0.2, 0) is 23.9 Å². The number of esters is 2. The SMILES string of the molecule is O=C(O)C1C2CCC3(CC2)C(=O)OC(=O)C13C(=O)O. The van der Waals surface area contributed by atoms with Crippen LogP contribution in [0.15, 0.2) is 0 Å². The van der Waals surface area contributed by atoms with E-state index < -0.39 is 46.5 Å². The number of carbonyl (C=O) groups is 4. The van der Waals surface area contributed by atoms with E-state index in [2.05, 4.69) is 4.74 Å². The summed E-state index contributed by atoms with van der Waals surface area (Å²) < 4.78 is 4.55. The van der Waals surface area contributed by atoms with Gasteiger partial charge in [-0.1, -0.05) is 0 Å². The zero-order valence-electron chi connectivity index (χ0n) is 9.92. The smallest absolute Gasteiger partial charge is 0.333 e. The highest BCUT2D eigenvalue weighted by Crippen LogP contribution is 2.67. The summed E-state index contributed by atoms with van der Waals surface area (Å²) in [7, 11) is 0. The van der Waals surface area contributed by atoms with Crippen LogP contribution in [-0.4, -0.2) is 34.1 Å². The van der Waals surface area contributed by atoms with Crippen LogP contribution in [0.25, 0.3) is 0 Å². The first-order chi connectivity index (χ1) is 8.88. The monoisotopic (exact) mass is 268 g/mol. The van der Waals surface area contributed by atoms with Crippen LogP contribution in [0.5, 0.6) is 0 Å². The van der Waals surface area contributed by atoms with Crippen LogP contribution in [0.4, 0.5) is 0 Å². The first kappa shape index (κ1) is 12.1. The van der Waals surface area contributed by atoms with Crippen molar-refractivity contribution in [3.63, 3.8) is 0 Å². The topological polar surface area (TPSA) is 118 Å². The number of rotatable bonds is 2. The van der Waals surface area contributed by atoms with E-state index >= 15 is 0 Å². The molecule has 7 nitrogen and oxygen atoms in total. The molecule has 4 fully saturated rings. The number of aliphatic carboxylic acids is 2. The molecular weight excluding hydrogens is 256 g/mol. The van der Waals surface area contributed by atoms with Crippen molar-refractivity contribution in [2.24, 2.45) is 22.7 Å². The van der Waals surface area contributed by atoms with Gasteiger partial charge < -0.3 is 14.9 Å². The highest BCUT2D eigenvalue weighted by Gasteiger charge is 2.81. The van der Waals surface area contributed by atoms with Gasteiger partial charge in [-0.3, -0.25) is 19.2 Å². The Morgan fingerprint density at radius 2 is 1.68 bits per heavy atom. The molecule has 7 heteroatoms. The number of carboxylic acid groups (broad SMARTS) is 2. The molecule has 0 amide bonds. The molecule has 4 rings (SSSR count). The first-order valence-corrected chi connectivity index (χ1v) is 6.11. The molecule has 102 valence electrons. The van der Waals surface area contributed by atoms with Gasteiger partial charge in [-0.15, -0.1) is 0 Å². The Labute approximate surface area is 107 Å². The van der Waals surface area contributed by atoms with Crippen molar-refractivity contribution in [2.75, 3.05) is 0 Å². The highest BCUT2D eigenvalue weighted by molar-refractivity contribution is 6.16. The molecule has 0 aromatic carbocycles. The maximum atomic E-state index is 12.0. The van der Waals surface area contributed by atoms with Crippen molar-refractivity contribution >= 4 is 23.9 Å². The Hall–Kier alpha value is -1.92. The minimum Gasteiger partial charge on any atom is -0.481 e. The van der Waals surface area contributed by atoms with Crippen molar-refractivity contribution in [1.29, 1.82) is 0 Å². The molecule has 1 saturated heterocycles. The van der Waals surface area contributed by atoms with Crippen LogP contribution >= 0.6 is 0 Å². The highest BCUT2D eigenvalue weighted by atomic mass is 16.6. The van der Waals surface area contributed by atoms with Gasteiger partial charge in [0.2, 0.25) is 0 Å². The van der Waals surface area contributed by atoms with E-state index in [1.807, 2.05) is 0 Å². The summed E-state index contributed by atoms with van der Waals surface area (Å²) in [5.41, 5.74) is -3.73. The lowest BCUT2D eigenvalue weighted by Gasteiger charge is -2.52. The van der Waals surface area contributed by atoms with Crippen LogP contribution in [0.3, 0.4) is 0 Å². The first-order valence-electron chi connectivity index (χ1n) is 6.11. The number of ether oxygens (including phenoxy) is 1. The van der Waals surface area contributed by atoms with Gasteiger partial charge in [-0.05, 0) is 31.6 Å². The Kier molecular flexibility index (Phi) is 2.13. The second-order valence-corrected chi connectivity index (χ2v) is 5.53. The largest absolute Gasteiger partial charge is 0.481 e. The second-order valence-electron chi connectivity index (χ2n) is 5.53. The third-order valence-electron chi connectivity index (χ3n) is 5.08. The minimum absolute atomic E-state index is 0.207. The molecule has 2 bridgehead atoms. The maximum Gasteiger partial charge on any atom is 0.333 e. The summed E-state index contributed by atoms with van der Waals surface area (Å²) in [5, 5.41) is 18.8. The van der Waals surface area contributed by atoms with Gasteiger partial charge in [-0.2, -0.15) is 0 Å². The van der Waals surface area contributed by atoms with Gasteiger partial charge in [0.1, 0.15) is 0 Å². The van der Waals surface area contributed by atoms with Crippen molar-refractivity contribution in [3.8, 4) is 0 Å². The molecule has 19 heavy (non-hydrogen) atoms. The van der Waals surface area contributed by atoms with E-state index in [0.29, 0.717) is 12.8 Å². The zero-order chi connectivity index (χ0) is 14.0. The fourth-order valence-corrected chi connectivity index (χ4v) is 4.27. The van der Waals surface area contributed by atoms with Crippen molar-refractivity contribution in [2.45, 2.75) is 25.7 Å². The van der Waals surface area contributed by atoms with Crippen LogP contribution in [0, 0.1) is 22.7 Å². The van der Waals surface area contributed by atoms with Gasteiger partial charge in [0.15, 0.2) is 5.41 Å². The Bertz CT molecular complexity index is 514. The van der Waals surface area contributed by atoms with Gasteiger partial charge in [0.05, 0.1) is 11.3 Å². The summed E-state index contributed by atoms with van der Waals surface area (Å²) in [6, 6.07) is 0. The van der Waals surface area contributed by atoms with E-state index in [1.165, 1.54) is 0 Å². The van der Waals surface area contributed by atoms with Gasteiger partial charge in [0, 0.05) is 0 Å². The third-order valence-corrected chi connectivity index (χ3v) is 5.08. The molecule has 0 radical (unpaired) electrons. The molecule has 3 aliphatic carbocycles. The Morgan fingerprint density at radius 3 is 2.16 bits per heavy atom. The number of carboxylic acids is 2. The number of carbonyl (C=O) groups excluding carboxylic acids is 2. The van der Waals surface area contributed by atoms with Crippen molar-refractivity contribution < 1.29 is 34.1 Å². The van der Waals surface area contributed by atoms with Crippen molar-refractivity contribution in [1.82, 2.24) is 0 Å². The molecule has 1 spiro atoms. The molecule has 2 atom stereocenters. The second kappa shape index (κ2) is 3.34. The molecule has 0 aromatic heterocycles. The molecule has 2 N–H and O–H groups in total. The van der Waals surface area contributed by atoms with Crippen LogP contribution < -0.4 is 0 Å². The molecule has 1 heterocycles. The summed E-state index contributed by atoms with van der Waals surface area (Å²) >= 11 is 0. The lowest BCUT2D eigenvalue weighted by molar-refractivity contribution is -0.195. The quantitative estimate of drug-likeness (QED) is 0.535. The average molecular weight is 268 g/mol. The molecular formula is C12H12O7. The third kappa shape index (κ3) is 1.05. The minimum atomic E-state index is -2.24. The van der Waals surface area contributed by atoms with E-state index in [0.717, 1.165) is 0 Å². The summed E-state index contributed by atoms with van der Waals surface area (Å²) in [5.74, 6) is -6.76. The Balaban J connectivity index is 2.30. The van der Waals surface area contributed by atoms with Crippen LogP contribution in [0.1, 0.15) is 25.7 Å². The van der Waals surface area contributed by atoms with Gasteiger partial charge >= 0.3 is 23.9 Å². The molecule has 4 aliphatic rings. The molecule has 0 aromatic rings. The lowest BCUT2D eigenvalue weighted by atomic mass is 9.43. The zero-order valence-corrected chi connectivity index (χ0v) is 9.92. The van der Waals surface area contributed by atoms with E-state index in [-0.39, 0.29) is 12.8 Å². The number of hydrogen-bond acceptors (Lipinski definition) is 5. The Morgan fingerprint density at radius 1 is 1.11 bits per heavy atom. The van der Waals surface area contributed by atoms with Gasteiger partial charge in [0.25, 0.3) is 0 Å². The summed E-state index contributed by atoms with van der Waals surface area (Å²) in [6.45, 7) is 0. The number of fused-ring (bicyclic) bond motifs is 2. The normalized spacial score (nSPS) is 43.8. The average Bonchev–Trinajstić information content (AvgIpc) is 2.59. The van der Waals surface area contributed by atoms with E-state index in [4.69, 9.17) is 0 Å². The van der Waals surface area contributed by atoms with Crippen molar-refractivity contribution in [3.05, 3.63) is 0 Å². The predicted octanol–water partition coefficient (Wildman–Crippen LogP) is 0.0318. The molecule has 2 unspecified atom stereocenters. The van der Waals surface area contributed by atoms with E-state index in [9.17, 15) is 29.4 Å². The lowest BCUT2D eigenvalue weighted by Crippen LogP contribution is -2.64.